The Balaban J connectivity index is 1.37. The van der Waals surface area contributed by atoms with Gasteiger partial charge in [0.2, 0.25) is 5.91 Å². The molecule has 1 unspecified atom stereocenters. The quantitative estimate of drug-likeness (QED) is 0.712. The number of rotatable bonds is 7. The average molecular weight is 402 g/mol. The summed E-state index contributed by atoms with van der Waals surface area (Å²) in [6, 6.07) is 8.51. The zero-order valence-electron chi connectivity index (χ0n) is 17.3. The SMILES string of the molecule is CC/C(=C\F)COc1ccc(C23CCC(C(=O)NC4CCOC4)(CC2)CC3)cc1. The van der Waals surface area contributed by atoms with Gasteiger partial charge in [-0.3, -0.25) is 4.79 Å². The Labute approximate surface area is 172 Å². The number of hydrogen-bond donors (Lipinski definition) is 1. The maximum absolute atomic E-state index is 13.0. The van der Waals surface area contributed by atoms with Crippen LogP contribution in [0.15, 0.2) is 36.2 Å². The third-order valence-corrected chi connectivity index (χ3v) is 7.49. The van der Waals surface area contributed by atoms with Crippen molar-refractivity contribution in [2.24, 2.45) is 5.41 Å². The van der Waals surface area contributed by atoms with Gasteiger partial charge in [-0.2, -0.15) is 0 Å². The smallest absolute Gasteiger partial charge is 0.226 e. The lowest BCUT2D eigenvalue weighted by atomic mass is 9.51. The molecule has 1 aromatic rings. The van der Waals surface area contributed by atoms with E-state index < -0.39 is 0 Å². The molecule has 1 saturated heterocycles. The van der Waals surface area contributed by atoms with Crippen molar-refractivity contribution in [2.45, 2.75) is 69.7 Å². The van der Waals surface area contributed by atoms with E-state index in [1.54, 1.807) is 0 Å². The minimum atomic E-state index is -0.178. The van der Waals surface area contributed by atoms with Crippen LogP contribution in [-0.2, 0) is 14.9 Å². The Morgan fingerprint density at radius 2 is 1.90 bits per heavy atom. The lowest BCUT2D eigenvalue weighted by Gasteiger charge is -2.53. The molecular formula is C24H32FNO3. The molecule has 1 aliphatic heterocycles. The van der Waals surface area contributed by atoms with Crippen LogP contribution in [0.3, 0.4) is 0 Å². The van der Waals surface area contributed by atoms with Crippen molar-refractivity contribution in [1.82, 2.24) is 5.32 Å². The molecule has 1 heterocycles. The van der Waals surface area contributed by atoms with Gasteiger partial charge in [0.1, 0.15) is 12.4 Å². The van der Waals surface area contributed by atoms with Crippen LogP contribution in [0.2, 0.25) is 0 Å². The van der Waals surface area contributed by atoms with Gasteiger partial charge >= 0.3 is 0 Å². The first-order valence-electron chi connectivity index (χ1n) is 11.0. The first-order valence-corrected chi connectivity index (χ1v) is 11.0. The van der Waals surface area contributed by atoms with Crippen LogP contribution in [0.5, 0.6) is 5.75 Å². The Bertz CT molecular complexity index is 727. The molecule has 5 rings (SSSR count). The Hall–Kier alpha value is -1.88. The van der Waals surface area contributed by atoms with Gasteiger partial charge in [-0.05, 0) is 80.1 Å². The second-order valence-electron chi connectivity index (χ2n) is 9.03. The highest BCUT2D eigenvalue weighted by atomic mass is 19.1. The van der Waals surface area contributed by atoms with Gasteiger partial charge < -0.3 is 14.8 Å². The molecule has 5 heteroatoms. The lowest BCUT2D eigenvalue weighted by molar-refractivity contribution is -0.138. The van der Waals surface area contributed by atoms with Crippen LogP contribution < -0.4 is 10.1 Å². The van der Waals surface area contributed by atoms with Gasteiger partial charge in [0.05, 0.1) is 19.0 Å². The monoisotopic (exact) mass is 401 g/mol. The van der Waals surface area contributed by atoms with E-state index in [1.807, 2.05) is 19.1 Å². The van der Waals surface area contributed by atoms with E-state index in [-0.39, 0.29) is 22.8 Å². The van der Waals surface area contributed by atoms with Crippen LogP contribution in [-0.4, -0.2) is 31.8 Å². The van der Waals surface area contributed by atoms with Crippen molar-refractivity contribution in [2.75, 3.05) is 19.8 Å². The summed E-state index contributed by atoms with van der Waals surface area (Å²) in [6.07, 6.45) is 8.30. The molecule has 1 amide bonds. The third kappa shape index (κ3) is 4.07. The fraction of sp³-hybridized carbons (Fsp3) is 0.625. The normalized spacial score (nSPS) is 31.7. The number of amides is 1. The van der Waals surface area contributed by atoms with Crippen molar-refractivity contribution in [3.05, 3.63) is 41.7 Å². The van der Waals surface area contributed by atoms with E-state index in [2.05, 4.69) is 17.4 Å². The van der Waals surface area contributed by atoms with Gasteiger partial charge in [-0.25, -0.2) is 4.39 Å². The van der Waals surface area contributed by atoms with E-state index in [4.69, 9.17) is 9.47 Å². The van der Waals surface area contributed by atoms with Crippen LogP contribution in [0.25, 0.3) is 0 Å². The van der Waals surface area contributed by atoms with E-state index in [1.165, 1.54) is 5.56 Å². The molecule has 2 bridgehead atoms. The first-order chi connectivity index (χ1) is 14.1. The highest BCUT2D eigenvalue weighted by Gasteiger charge is 2.53. The molecule has 0 radical (unpaired) electrons. The molecule has 0 aromatic heterocycles. The average Bonchev–Trinajstić information content (AvgIpc) is 3.29. The molecule has 0 spiro atoms. The Kier molecular flexibility index (Phi) is 5.95. The summed E-state index contributed by atoms with van der Waals surface area (Å²) in [5.74, 6) is 1.02. The standard InChI is InChI=1S/C24H32FNO3/c1-2-18(15-25)16-29-21-5-3-19(4-6-21)23-8-11-24(12-9-23,13-10-23)22(27)26-20-7-14-28-17-20/h3-6,15,20H,2,7-14,16-17H2,1H3,(H,26,27)/b18-15+. The van der Waals surface area contributed by atoms with Crippen molar-refractivity contribution >= 4 is 5.91 Å². The van der Waals surface area contributed by atoms with Crippen LogP contribution >= 0.6 is 0 Å². The molecule has 1 atom stereocenters. The van der Waals surface area contributed by atoms with E-state index in [9.17, 15) is 9.18 Å². The topological polar surface area (TPSA) is 47.6 Å². The first kappa shape index (κ1) is 20.4. The summed E-state index contributed by atoms with van der Waals surface area (Å²) in [6.45, 7) is 3.62. The summed E-state index contributed by atoms with van der Waals surface area (Å²) in [7, 11) is 0. The number of benzene rings is 1. The fourth-order valence-corrected chi connectivity index (χ4v) is 5.24. The minimum Gasteiger partial charge on any atom is -0.489 e. The van der Waals surface area contributed by atoms with Crippen molar-refractivity contribution in [1.29, 1.82) is 0 Å². The molecule has 4 fully saturated rings. The van der Waals surface area contributed by atoms with E-state index in [0.29, 0.717) is 31.5 Å². The maximum Gasteiger partial charge on any atom is 0.226 e. The highest BCUT2D eigenvalue weighted by molar-refractivity contribution is 5.83. The predicted octanol–water partition coefficient (Wildman–Crippen LogP) is 4.83. The number of carbonyl (C=O) groups excluding carboxylic acids is 1. The molecule has 3 saturated carbocycles. The molecule has 158 valence electrons. The number of halogens is 1. The van der Waals surface area contributed by atoms with E-state index in [0.717, 1.165) is 57.3 Å². The number of nitrogens with one attached hydrogen (secondary N) is 1. The second-order valence-corrected chi connectivity index (χ2v) is 9.03. The maximum atomic E-state index is 13.0. The summed E-state index contributed by atoms with van der Waals surface area (Å²) < 4.78 is 23.8. The Morgan fingerprint density at radius 1 is 1.21 bits per heavy atom. The second kappa shape index (κ2) is 8.47. The summed E-state index contributed by atoms with van der Waals surface area (Å²) >= 11 is 0. The Morgan fingerprint density at radius 3 is 2.45 bits per heavy atom. The highest BCUT2D eigenvalue weighted by Crippen LogP contribution is 2.58. The van der Waals surface area contributed by atoms with E-state index >= 15 is 0 Å². The largest absolute Gasteiger partial charge is 0.489 e. The zero-order valence-corrected chi connectivity index (χ0v) is 17.3. The van der Waals surface area contributed by atoms with Gasteiger partial charge in [-0.1, -0.05) is 19.1 Å². The van der Waals surface area contributed by atoms with Gasteiger partial charge in [0, 0.05) is 12.0 Å². The molecule has 1 aromatic carbocycles. The minimum absolute atomic E-state index is 0.178. The number of fused-ring (bicyclic) bond motifs is 3. The van der Waals surface area contributed by atoms with Gasteiger partial charge in [0.15, 0.2) is 0 Å². The fourth-order valence-electron chi connectivity index (χ4n) is 5.24. The predicted molar refractivity (Wildman–Crippen MR) is 111 cm³/mol. The third-order valence-electron chi connectivity index (χ3n) is 7.49. The summed E-state index contributed by atoms with van der Waals surface area (Å²) in [5.41, 5.74) is 2.01. The molecule has 1 N–H and O–H groups in total. The summed E-state index contributed by atoms with van der Waals surface area (Å²) in [5, 5.41) is 3.25. The molecule has 4 aliphatic rings. The van der Waals surface area contributed by atoms with Crippen LogP contribution in [0.1, 0.15) is 63.9 Å². The lowest BCUT2D eigenvalue weighted by Crippen LogP contribution is -2.53. The zero-order chi connectivity index (χ0) is 20.3. The summed E-state index contributed by atoms with van der Waals surface area (Å²) in [4.78, 5) is 13.0. The van der Waals surface area contributed by atoms with Crippen molar-refractivity contribution in [3.63, 3.8) is 0 Å². The molecule has 29 heavy (non-hydrogen) atoms. The number of carbonyl (C=O) groups is 1. The van der Waals surface area contributed by atoms with Crippen LogP contribution in [0.4, 0.5) is 4.39 Å². The molecular weight excluding hydrogens is 369 g/mol. The van der Waals surface area contributed by atoms with Crippen LogP contribution in [0, 0.1) is 5.41 Å². The van der Waals surface area contributed by atoms with Gasteiger partial charge in [-0.15, -0.1) is 0 Å². The van der Waals surface area contributed by atoms with Gasteiger partial charge in [0.25, 0.3) is 0 Å². The number of hydrogen-bond acceptors (Lipinski definition) is 3. The van der Waals surface area contributed by atoms with Crippen molar-refractivity contribution in [3.8, 4) is 5.75 Å². The van der Waals surface area contributed by atoms with Crippen molar-refractivity contribution < 1.29 is 18.7 Å². The number of ether oxygens (including phenoxy) is 2. The molecule has 3 aliphatic carbocycles. The molecule has 4 nitrogen and oxygen atoms in total.